The van der Waals surface area contributed by atoms with Crippen molar-refractivity contribution in [2.75, 3.05) is 21.0 Å². The van der Waals surface area contributed by atoms with Gasteiger partial charge < -0.3 is 23.7 Å². The highest BCUT2D eigenvalue weighted by Gasteiger charge is 2.31. The first-order valence-corrected chi connectivity index (χ1v) is 11.8. The van der Waals surface area contributed by atoms with Crippen LogP contribution in [0.15, 0.2) is 36.5 Å². The minimum Gasteiger partial charge on any atom is -0.496 e. The molecule has 0 saturated carbocycles. The molecule has 0 aliphatic carbocycles. The van der Waals surface area contributed by atoms with E-state index >= 15 is 0 Å². The van der Waals surface area contributed by atoms with Crippen molar-refractivity contribution in [1.82, 2.24) is 4.98 Å². The number of Topliss-reactive ketones (excluding diaryl/α,β-unsaturated/α-hetero) is 1. The van der Waals surface area contributed by atoms with E-state index in [0.29, 0.717) is 0 Å². The van der Waals surface area contributed by atoms with Crippen LogP contribution in [0.2, 0.25) is 0 Å². The van der Waals surface area contributed by atoms with E-state index in [0.717, 1.165) is 11.3 Å². The molecular weight excluding hydrogens is 466 g/mol. The first-order valence-electron chi connectivity index (χ1n) is 11.8. The van der Waals surface area contributed by atoms with Crippen LogP contribution >= 0.6 is 0 Å². The molecule has 3 atom stereocenters. The number of esters is 2. The zero-order chi connectivity index (χ0) is 26.8. The molecule has 9 nitrogen and oxygen atoms in total. The van der Waals surface area contributed by atoms with Gasteiger partial charge in [0.25, 0.3) is 0 Å². The summed E-state index contributed by atoms with van der Waals surface area (Å²) < 4.78 is 26.8. The number of hydrogen-bond acceptors (Lipinski definition) is 9. The summed E-state index contributed by atoms with van der Waals surface area (Å²) in [5.41, 5.74) is 0.928. The Bertz CT molecular complexity index is 1050. The zero-order valence-electron chi connectivity index (χ0n) is 21.9. The molecule has 0 amide bonds. The lowest BCUT2D eigenvalue weighted by molar-refractivity contribution is -0.154. The molecule has 0 spiro atoms. The third-order valence-electron chi connectivity index (χ3n) is 5.74. The summed E-state index contributed by atoms with van der Waals surface area (Å²) in [5.74, 6) is -1.13. The molecule has 9 heteroatoms. The second kappa shape index (κ2) is 13.5. The summed E-state index contributed by atoms with van der Waals surface area (Å²) in [4.78, 5) is 41.2. The van der Waals surface area contributed by atoms with Crippen molar-refractivity contribution in [3.05, 3.63) is 47.8 Å². The lowest BCUT2D eigenvalue weighted by Gasteiger charge is -2.29. The largest absolute Gasteiger partial charge is 0.496 e. The van der Waals surface area contributed by atoms with E-state index in [4.69, 9.17) is 23.7 Å². The summed E-state index contributed by atoms with van der Waals surface area (Å²) in [6, 6.07) is 9.17. The number of methoxy groups -OCH3 is 2. The molecule has 0 fully saturated rings. The fourth-order valence-electron chi connectivity index (χ4n) is 4.03. The Hall–Kier alpha value is -3.62. The van der Waals surface area contributed by atoms with E-state index in [1.165, 1.54) is 26.3 Å². The fraction of sp³-hybridized carbons (Fsp3) is 0.481. The van der Waals surface area contributed by atoms with Crippen molar-refractivity contribution in [2.45, 2.75) is 53.1 Å². The number of aromatic nitrogens is 1. The number of hydrogen-bond donors (Lipinski definition) is 0. The standard InChI is InChI=1S/C27H35NO8/c1-16(2)24(20-10-8-9-11-22(20)32-6)18(4)36-27(31)17(3)14-21(30)25-26(35-15-34-19(5)29)23(33-7)12-13-28-25/h8-13,16-18,24H,14-15H2,1-7H3/t17-,18+,24-/m1/s1. The molecule has 0 radical (unpaired) electrons. The molecule has 0 unspecified atom stereocenters. The minimum absolute atomic E-state index is 0.0247. The number of carbonyl (C=O) groups excluding carboxylic acids is 3. The molecule has 0 aliphatic rings. The van der Waals surface area contributed by atoms with E-state index in [-0.39, 0.29) is 35.4 Å². The van der Waals surface area contributed by atoms with Gasteiger partial charge in [0.2, 0.25) is 6.79 Å². The van der Waals surface area contributed by atoms with Gasteiger partial charge in [-0.1, -0.05) is 39.0 Å². The average Bonchev–Trinajstić information content (AvgIpc) is 2.83. The van der Waals surface area contributed by atoms with Gasteiger partial charge in [0.15, 0.2) is 23.0 Å². The van der Waals surface area contributed by atoms with Crippen LogP contribution in [0, 0.1) is 11.8 Å². The molecule has 0 N–H and O–H groups in total. The van der Waals surface area contributed by atoms with Gasteiger partial charge in [-0.25, -0.2) is 4.98 Å². The van der Waals surface area contributed by atoms with Crippen LogP contribution in [-0.4, -0.2) is 49.8 Å². The lowest BCUT2D eigenvalue weighted by atomic mass is 9.84. The quantitative estimate of drug-likeness (QED) is 0.221. The van der Waals surface area contributed by atoms with Crippen LogP contribution in [0.3, 0.4) is 0 Å². The number of benzene rings is 1. The maximum absolute atomic E-state index is 13.0. The Morgan fingerprint density at radius 1 is 0.944 bits per heavy atom. The van der Waals surface area contributed by atoms with E-state index in [9.17, 15) is 14.4 Å². The van der Waals surface area contributed by atoms with Crippen molar-refractivity contribution < 1.29 is 38.1 Å². The summed E-state index contributed by atoms with van der Waals surface area (Å²) in [5, 5.41) is 0. The topological polar surface area (TPSA) is 110 Å². The predicted octanol–water partition coefficient (Wildman–Crippen LogP) is 4.58. The van der Waals surface area contributed by atoms with Crippen LogP contribution in [0.4, 0.5) is 0 Å². The van der Waals surface area contributed by atoms with Gasteiger partial charge in [-0.05, 0) is 18.9 Å². The van der Waals surface area contributed by atoms with Gasteiger partial charge in [-0.2, -0.15) is 0 Å². The minimum atomic E-state index is -0.736. The van der Waals surface area contributed by atoms with Crippen LogP contribution in [-0.2, 0) is 19.1 Å². The van der Waals surface area contributed by atoms with E-state index in [2.05, 4.69) is 18.8 Å². The van der Waals surface area contributed by atoms with Gasteiger partial charge in [0.1, 0.15) is 11.9 Å². The number of ether oxygens (including phenoxy) is 5. The SMILES string of the molecule is COc1ccccc1[C@H](C(C)C)[C@H](C)OC(=O)[C@H](C)CC(=O)c1nccc(OC)c1OCOC(C)=O. The molecule has 196 valence electrons. The highest BCUT2D eigenvalue weighted by molar-refractivity contribution is 5.99. The summed E-state index contributed by atoms with van der Waals surface area (Å²) in [6.07, 6.45) is 0.788. The maximum Gasteiger partial charge on any atom is 0.309 e. The summed E-state index contributed by atoms with van der Waals surface area (Å²) in [6.45, 7) is 8.41. The smallest absolute Gasteiger partial charge is 0.309 e. The van der Waals surface area contributed by atoms with E-state index < -0.39 is 36.5 Å². The first-order chi connectivity index (χ1) is 17.1. The second-order valence-corrected chi connectivity index (χ2v) is 8.77. The van der Waals surface area contributed by atoms with Gasteiger partial charge >= 0.3 is 11.9 Å². The predicted molar refractivity (Wildman–Crippen MR) is 132 cm³/mol. The second-order valence-electron chi connectivity index (χ2n) is 8.77. The van der Waals surface area contributed by atoms with Crippen LogP contribution in [0.1, 0.15) is 63.0 Å². The molecule has 36 heavy (non-hydrogen) atoms. The summed E-state index contributed by atoms with van der Waals surface area (Å²) in [7, 11) is 3.02. The number of carbonyl (C=O) groups is 3. The third kappa shape index (κ3) is 7.44. The third-order valence-corrected chi connectivity index (χ3v) is 5.74. The Labute approximate surface area is 212 Å². The Morgan fingerprint density at radius 2 is 1.61 bits per heavy atom. The fourth-order valence-corrected chi connectivity index (χ4v) is 4.03. The van der Waals surface area contributed by atoms with E-state index in [1.807, 2.05) is 31.2 Å². The van der Waals surface area contributed by atoms with Crippen LogP contribution in [0.25, 0.3) is 0 Å². The number of nitrogens with zero attached hydrogens (tertiary/aromatic N) is 1. The average molecular weight is 502 g/mol. The Kier molecular flexibility index (Phi) is 10.7. The Morgan fingerprint density at radius 3 is 2.22 bits per heavy atom. The lowest BCUT2D eigenvalue weighted by Crippen LogP contribution is -2.29. The van der Waals surface area contributed by atoms with Gasteiger partial charge in [0.05, 0.1) is 20.1 Å². The first kappa shape index (κ1) is 28.6. The van der Waals surface area contributed by atoms with Crippen molar-refractivity contribution in [1.29, 1.82) is 0 Å². The number of pyridine rings is 1. The van der Waals surface area contributed by atoms with Crippen molar-refractivity contribution in [3.63, 3.8) is 0 Å². The van der Waals surface area contributed by atoms with Crippen molar-refractivity contribution in [3.8, 4) is 17.2 Å². The van der Waals surface area contributed by atoms with Crippen molar-refractivity contribution in [2.24, 2.45) is 11.8 Å². The van der Waals surface area contributed by atoms with E-state index in [1.54, 1.807) is 14.0 Å². The number of rotatable bonds is 13. The van der Waals surface area contributed by atoms with Crippen LogP contribution in [0.5, 0.6) is 17.2 Å². The van der Waals surface area contributed by atoms with Gasteiger partial charge in [0, 0.05) is 37.1 Å². The van der Waals surface area contributed by atoms with Crippen molar-refractivity contribution >= 4 is 17.7 Å². The molecule has 1 aromatic heterocycles. The molecule has 0 bridgehead atoms. The highest BCUT2D eigenvalue weighted by Crippen LogP contribution is 2.36. The normalized spacial score (nSPS) is 13.3. The monoisotopic (exact) mass is 501 g/mol. The van der Waals surface area contributed by atoms with Crippen LogP contribution < -0.4 is 14.2 Å². The number of ketones is 1. The molecule has 1 aromatic carbocycles. The maximum atomic E-state index is 13.0. The molecule has 0 saturated heterocycles. The highest BCUT2D eigenvalue weighted by atomic mass is 16.7. The molecule has 2 rings (SSSR count). The molecule has 0 aliphatic heterocycles. The zero-order valence-corrected chi connectivity index (χ0v) is 21.9. The number of para-hydroxylation sites is 1. The molecular formula is C27H35NO8. The molecule has 2 aromatic rings. The van der Waals surface area contributed by atoms with Gasteiger partial charge in [-0.15, -0.1) is 0 Å². The summed E-state index contributed by atoms with van der Waals surface area (Å²) >= 11 is 0. The molecule has 1 heterocycles. The van der Waals surface area contributed by atoms with Gasteiger partial charge in [-0.3, -0.25) is 14.4 Å². The Balaban J connectivity index is 2.14.